The van der Waals surface area contributed by atoms with Gasteiger partial charge in [-0.05, 0) is 24.1 Å². The maximum Gasteiger partial charge on any atom is 0.162 e. The van der Waals surface area contributed by atoms with Crippen LogP contribution in [0, 0.1) is 18.6 Å². The lowest BCUT2D eigenvalue weighted by molar-refractivity contribution is 0.503. The smallest absolute Gasteiger partial charge is 0.162 e. The summed E-state index contributed by atoms with van der Waals surface area (Å²) in [5, 5.41) is 0. The molecule has 70 valence electrons. The Balaban J connectivity index is 3.11. The summed E-state index contributed by atoms with van der Waals surface area (Å²) in [5.74, 6) is -1.61. The Morgan fingerprint density at radius 2 is 2.08 bits per heavy atom. The van der Waals surface area contributed by atoms with Crippen LogP contribution in [0.15, 0.2) is 18.2 Å². The van der Waals surface area contributed by atoms with E-state index in [1.807, 2.05) is 0 Å². The van der Waals surface area contributed by atoms with Gasteiger partial charge in [0.05, 0.1) is 0 Å². The van der Waals surface area contributed by atoms with Gasteiger partial charge in [0, 0.05) is 6.54 Å². The second-order valence-corrected chi connectivity index (χ2v) is 2.71. The van der Waals surface area contributed by atoms with Crippen molar-refractivity contribution in [3.8, 4) is 0 Å². The van der Waals surface area contributed by atoms with E-state index < -0.39 is 11.6 Å². The van der Waals surface area contributed by atoms with Crippen LogP contribution in [0.4, 0.5) is 8.78 Å². The molecule has 0 aliphatic rings. The first-order chi connectivity index (χ1) is 6.16. The number of rotatable bonds is 2. The third kappa shape index (κ3) is 2.12. The van der Waals surface area contributed by atoms with Crippen LogP contribution in [0.1, 0.15) is 11.1 Å². The molecule has 0 saturated heterocycles. The summed E-state index contributed by atoms with van der Waals surface area (Å²) < 4.78 is 25.6. The number of benzene rings is 1. The molecule has 0 atom stereocenters. The molecule has 3 heteroatoms. The SMILES string of the molecule is Cc1c(C=CCN)ccc(F)c1F. The second kappa shape index (κ2) is 4.14. The Bertz CT molecular complexity index is 332. The van der Waals surface area contributed by atoms with Crippen LogP contribution < -0.4 is 5.73 Å². The highest BCUT2D eigenvalue weighted by molar-refractivity contribution is 5.53. The molecule has 0 aliphatic heterocycles. The quantitative estimate of drug-likeness (QED) is 0.747. The summed E-state index contributed by atoms with van der Waals surface area (Å²) in [7, 11) is 0. The van der Waals surface area contributed by atoms with Crippen molar-refractivity contribution >= 4 is 6.08 Å². The molecule has 0 saturated carbocycles. The highest BCUT2D eigenvalue weighted by Gasteiger charge is 2.06. The zero-order chi connectivity index (χ0) is 9.84. The van der Waals surface area contributed by atoms with Gasteiger partial charge >= 0.3 is 0 Å². The van der Waals surface area contributed by atoms with Gasteiger partial charge in [-0.2, -0.15) is 0 Å². The summed E-state index contributed by atoms with van der Waals surface area (Å²) in [4.78, 5) is 0. The molecule has 2 N–H and O–H groups in total. The van der Waals surface area contributed by atoms with E-state index in [0.29, 0.717) is 17.7 Å². The van der Waals surface area contributed by atoms with E-state index in [-0.39, 0.29) is 0 Å². The minimum absolute atomic E-state index is 0.310. The predicted octanol–water partition coefficient (Wildman–Crippen LogP) is 2.25. The van der Waals surface area contributed by atoms with Crippen LogP contribution in [-0.4, -0.2) is 6.54 Å². The monoisotopic (exact) mass is 183 g/mol. The molecular formula is C10H11F2N. The average Bonchev–Trinajstić information content (AvgIpc) is 2.13. The van der Waals surface area contributed by atoms with E-state index in [1.165, 1.54) is 13.0 Å². The molecule has 0 bridgehead atoms. The van der Waals surface area contributed by atoms with E-state index in [1.54, 1.807) is 12.2 Å². The van der Waals surface area contributed by atoms with Gasteiger partial charge in [-0.1, -0.05) is 18.2 Å². The highest BCUT2D eigenvalue weighted by Crippen LogP contribution is 2.16. The molecule has 1 aromatic rings. The van der Waals surface area contributed by atoms with Crippen LogP contribution in [0.5, 0.6) is 0 Å². The maximum absolute atomic E-state index is 13.0. The van der Waals surface area contributed by atoms with Crippen molar-refractivity contribution in [2.24, 2.45) is 5.73 Å². The van der Waals surface area contributed by atoms with E-state index >= 15 is 0 Å². The van der Waals surface area contributed by atoms with Gasteiger partial charge in [0.15, 0.2) is 11.6 Å². The molecular weight excluding hydrogens is 172 g/mol. The van der Waals surface area contributed by atoms with Gasteiger partial charge < -0.3 is 5.73 Å². The van der Waals surface area contributed by atoms with Crippen molar-refractivity contribution in [1.82, 2.24) is 0 Å². The summed E-state index contributed by atoms with van der Waals surface area (Å²) in [6.07, 6.45) is 3.37. The lowest BCUT2D eigenvalue weighted by Crippen LogP contribution is -1.94. The summed E-state index contributed by atoms with van der Waals surface area (Å²) in [5.41, 5.74) is 6.21. The van der Waals surface area contributed by atoms with Crippen molar-refractivity contribution in [2.45, 2.75) is 6.92 Å². The molecule has 0 amide bonds. The molecule has 0 aliphatic carbocycles. The standard InChI is InChI=1S/C10H11F2N/c1-7-8(3-2-6-13)4-5-9(11)10(7)12/h2-5H,6,13H2,1H3. The van der Waals surface area contributed by atoms with Crippen molar-refractivity contribution in [3.63, 3.8) is 0 Å². The van der Waals surface area contributed by atoms with Crippen molar-refractivity contribution in [3.05, 3.63) is 41.0 Å². The first kappa shape index (κ1) is 9.86. The van der Waals surface area contributed by atoms with Crippen LogP contribution in [0.3, 0.4) is 0 Å². The molecule has 0 aromatic heterocycles. The van der Waals surface area contributed by atoms with Gasteiger partial charge in [-0.15, -0.1) is 0 Å². The van der Waals surface area contributed by atoms with Crippen molar-refractivity contribution in [2.75, 3.05) is 6.54 Å². The Labute approximate surface area is 75.9 Å². The zero-order valence-electron chi connectivity index (χ0n) is 7.35. The van der Waals surface area contributed by atoms with Gasteiger partial charge in [-0.25, -0.2) is 8.78 Å². The minimum Gasteiger partial charge on any atom is -0.327 e. The van der Waals surface area contributed by atoms with E-state index in [2.05, 4.69) is 0 Å². The molecule has 0 spiro atoms. The van der Waals surface area contributed by atoms with Crippen LogP contribution in [-0.2, 0) is 0 Å². The normalized spacial score (nSPS) is 11.1. The molecule has 0 unspecified atom stereocenters. The topological polar surface area (TPSA) is 26.0 Å². The summed E-state index contributed by atoms with van der Waals surface area (Å²) in [6, 6.07) is 2.64. The summed E-state index contributed by atoms with van der Waals surface area (Å²) in [6.45, 7) is 1.92. The van der Waals surface area contributed by atoms with Crippen molar-refractivity contribution in [1.29, 1.82) is 0 Å². The van der Waals surface area contributed by atoms with Gasteiger partial charge in [0.25, 0.3) is 0 Å². The Hall–Kier alpha value is -1.22. The van der Waals surface area contributed by atoms with Crippen molar-refractivity contribution < 1.29 is 8.78 Å². The van der Waals surface area contributed by atoms with E-state index in [4.69, 9.17) is 5.73 Å². The fourth-order valence-corrected chi connectivity index (χ4v) is 1.04. The molecule has 0 fully saturated rings. The lowest BCUT2D eigenvalue weighted by Gasteiger charge is -2.02. The maximum atomic E-state index is 13.0. The lowest BCUT2D eigenvalue weighted by atomic mass is 10.1. The molecule has 1 rings (SSSR count). The van der Waals surface area contributed by atoms with Crippen LogP contribution in [0.25, 0.3) is 6.08 Å². The highest BCUT2D eigenvalue weighted by atomic mass is 19.2. The first-order valence-corrected chi connectivity index (χ1v) is 3.98. The van der Waals surface area contributed by atoms with Gasteiger partial charge in [0.1, 0.15) is 0 Å². The fourth-order valence-electron chi connectivity index (χ4n) is 1.04. The second-order valence-electron chi connectivity index (χ2n) is 2.71. The largest absolute Gasteiger partial charge is 0.327 e. The Morgan fingerprint density at radius 1 is 1.38 bits per heavy atom. The molecule has 1 nitrogen and oxygen atoms in total. The van der Waals surface area contributed by atoms with Crippen LogP contribution in [0.2, 0.25) is 0 Å². The molecule has 0 radical (unpaired) electrons. The average molecular weight is 183 g/mol. The number of hydrogen-bond acceptors (Lipinski definition) is 1. The first-order valence-electron chi connectivity index (χ1n) is 3.98. The number of hydrogen-bond donors (Lipinski definition) is 1. The van der Waals surface area contributed by atoms with Gasteiger partial charge in [-0.3, -0.25) is 0 Å². The fraction of sp³-hybridized carbons (Fsp3) is 0.200. The predicted molar refractivity (Wildman–Crippen MR) is 49.2 cm³/mol. The zero-order valence-corrected chi connectivity index (χ0v) is 7.35. The van der Waals surface area contributed by atoms with E-state index in [9.17, 15) is 8.78 Å². The molecule has 0 heterocycles. The molecule has 1 aromatic carbocycles. The molecule has 13 heavy (non-hydrogen) atoms. The number of halogens is 2. The van der Waals surface area contributed by atoms with Gasteiger partial charge in [0.2, 0.25) is 0 Å². The third-order valence-corrected chi connectivity index (χ3v) is 1.81. The third-order valence-electron chi connectivity index (χ3n) is 1.81. The Kier molecular flexibility index (Phi) is 3.14. The Morgan fingerprint density at radius 3 is 2.69 bits per heavy atom. The summed E-state index contributed by atoms with van der Waals surface area (Å²) >= 11 is 0. The number of nitrogens with two attached hydrogens (primary N) is 1. The van der Waals surface area contributed by atoms with Crippen LogP contribution >= 0.6 is 0 Å². The van der Waals surface area contributed by atoms with E-state index in [0.717, 1.165) is 6.07 Å². The minimum atomic E-state index is -0.817.